The van der Waals surface area contributed by atoms with Crippen molar-refractivity contribution in [3.63, 3.8) is 0 Å². The fourth-order valence-electron chi connectivity index (χ4n) is 4.54. The number of unbranched alkanes of at least 4 members (excludes halogenated alkanes) is 7. The Kier molecular flexibility index (Phi) is 18.8. The number of guanidine groups is 2. The molecule has 0 spiro atoms. The highest BCUT2D eigenvalue weighted by Crippen LogP contribution is 2.12. The quantitative estimate of drug-likeness (QED) is 0.0425. The minimum absolute atomic E-state index is 0.0411. The fourth-order valence-corrected chi connectivity index (χ4v) is 4.54. The smallest absolute Gasteiger partial charge is 0.243 e. The molecule has 3 amide bonds. The highest BCUT2D eigenvalue weighted by molar-refractivity contribution is 5.92. The van der Waals surface area contributed by atoms with Crippen LogP contribution in [0.1, 0.15) is 89.7 Å². The highest BCUT2D eigenvalue weighted by Gasteiger charge is 2.28. The molecule has 3 atom stereocenters. The van der Waals surface area contributed by atoms with E-state index in [0.717, 1.165) is 25.1 Å². The van der Waals surface area contributed by atoms with Crippen molar-refractivity contribution in [2.24, 2.45) is 44.4 Å². The minimum Gasteiger partial charge on any atom is -0.370 e. The summed E-state index contributed by atoms with van der Waals surface area (Å²) in [6, 6.07) is -2.89. The Balaban J connectivity index is 2.90. The van der Waals surface area contributed by atoms with Crippen LogP contribution in [0.3, 0.4) is 0 Å². The van der Waals surface area contributed by atoms with Crippen molar-refractivity contribution in [2.75, 3.05) is 13.1 Å². The number of hydrogen-bond donors (Lipinski definition) is 8. The first-order valence-electron chi connectivity index (χ1n) is 15.3. The summed E-state index contributed by atoms with van der Waals surface area (Å²) in [7, 11) is 0. The number of carbonyl (C=O) groups excluding carboxylic acids is 3. The monoisotopic (exact) mass is 606 g/mol. The molecule has 0 aliphatic carbocycles. The van der Waals surface area contributed by atoms with Gasteiger partial charge in [0.05, 0.1) is 12.4 Å². The molecule has 15 nitrogen and oxygen atoms in total. The van der Waals surface area contributed by atoms with E-state index in [9.17, 15) is 14.4 Å². The van der Waals surface area contributed by atoms with Crippen LogP contribution < -0.4 is 45.0 Å². The maximum Gasteiger partial charge on any atom is 0.243 e. The molecule has 0 saturated heterocycles. The first kappa shape index (κ1) is 37.1. The van der Waals surface area contributed by atoms with Gasteiger partial charge in [0, 0.05) is 37.9 Å². The van der Waals surface area contributed by atoms with Crippen molar-refractivity contribution < 1.29 is 14.4 Å². The molecule has 1 rings (SSSR count). The van der Waals surface area contributed by atoms with Crippen molar-refractivity contribution in [3.05, 3.63) is 18.2 Å². The molecule has 0 aliphatic heterocycles. The lowest BCUT2D eigenvalue weighted by Crippen LogP contribution is -2.56. The highest BCUT2D eigenvalue weighted by atomic mass is 16.2. The first-order valence-corrected chi connectivity index (χ1v) is 15.3. The van der Waals surface area contributed by atoms with E-state index < -0.39 is 35.8 Å². The molecule has 43 heavy (non-hydrogen) atoms. The van der Waals surface area contributed by atoms with E-state index in [1.165, 1.54) is 38.5 Å². The maximum atomic E-state index is 13.4. The number of primary amides is 1. The van der Waals surface area contributed by atoms with Crippen LogP contribution in [0, 0.1) is 0 Å². The van der Waals surface area contributed by atoms with Gasteiger partial charge in [0.25, 0.3) is 0 Å². The van der Waals surface area contributed by atoms with Gasteiger partial charge in [0.15, 0.2) is 11.9 Å². The largest absolute Gasteiger partial charge is 0.370 e. The molecule has 0 aliphatic rings. The normalized spacial score (nSPS) is 13.0. The summed E-state index contributed by atoms with van der Waals surface area (Å²) in [4.78, 5) is 50.5. The van der Waals surface area contributed by atoms with Gasteiger partial charge in [-0.3, -0.25) is 24.4 Å². The molecule has 14 N–H and O–H groups in total. The molecular weight excluding hydrogens is 552 g/mol. The Morgan fingerprint density at radius 2 is 1.35 bits per heavy atom. The van der Waals surface area contributed by atoms with Gasteiger partial charge in [0.2, 0.25) is 17.7 Å². The minimum atomic E-state index is -1.02. The van der Waals surface area contributed by atoms with Crippen LogP contribution in [0.25, 0.3) is 0 Å². The molecule has 1 aromatic heterocycles. The first-order chi connectivity index (χ1) is 20.5. The third-order valence-electron chi connectivity index (χ3n) is 7.01. The van der Waals surface area contributed by atoms with E-state index >= 15 is 0 Å². The van der Waals surface area contributed by atoms with E-state index in [1.54, 1.807) is 12.5 Å². The number of amides is 3. The number of nitrogens with two attached hydrogens (primary N) is 6. The number of hydrogen-bond acceptors (Lipinski definition) is 7. The molecular formula is C28H54N12O3. The fraction of sp³-hybridized carbons (Fsp3) is 0.714. The Labute approximate surface area is 255 Å². The lowest BCUT2D eigenvalue weighted by Gasteiger charge is -2.23. The number of imidazole rings is 1. The molecule has 0 saturated carbocycles. The second-order valence-corrected chi connectivity index (χ2v) is 10.8. The molecule has 0 unspecified atom stereocenters. The van der Waals surface area contributed by atoms with Crippen LogP contribution >= 0.6 is 0 Å². The average Bonchev–Trinajstić information content (AvgIpc) is 3.39. The molecule has 0 aromatic carbocycles. The zero-order chi connectivity index (χ0) is 32.0. The third kappa shape index (κ3) is 17.0. The average molecular weight is 607 g/mol. The zero-order valence-corrected chi connectivity index (χ0v) is 25.7. The molecule has 0 fully saturated rings. The molecule has 1 aromatic rings. The van der Waals surface area contributed by atoms with E-state index in [0.29, 0.717) is 25.8 Å². The second-order valence-electron chi connectivity index (χ2n) is 10.8. The van der Waals surface area contributed by atoms with E-state index in [-0.39, 0.29) is 31.3 Å². The number of aliphatic imine (C=N–C) groups is 2. The van der Waals surface area contributed by atoms with Gasteiger partial charge >= 0.3 is 0 Å². The Hall–Kier alpha value is -3.88. The SMILES string of the molecule is CCCCCCCCCCn1cncc1C[C@H](NC(=O)[C@@H](N)CCCN=C(N)N)C(=O)N[C@@H](CCCN=C(N)N)C(N)=O. The Bertz CT molecular complexity index is 1020. The van der Waals surface area contributed by atoms with Crippen molar-refractivity contribution in [3.8, 4) is 0 Å². The van der Waals surface area contributed by atoms with E-state index in [2.05, 4.69) is 32.5 Å². The number of aromatic nitrogens is 2. The summed E-state index contributed by atoms with van der Waals surface area (Å²) < 4.78 is 1.99. The number of rotatable bonds is 24. The number of nitrogens with zero attached hydrogens (tertiary/aromatic N) is 4. The number of carbonyl (C=O) groups is 3. The summed E-state index contributed by atoms with van der Waals surface area (Å²) in [6.07, 6.45) is 14.5. The third-order valence-corrected chi connectivity index (χ3v) is 7.01. The van der Waals surface area contributed by atoms with Gasteiger partial charge < -0.3 is 49.6 Å². The van der Waals surface area contributed by atoms with Crippen molar-refractivity contribution in [2.45, 2.75) is 115 Å². The standard InChI is InChI=1S/C28H54N12O3/c1-2-3-4-5-6-7-8-9-16-40-19-35-18-20(40)17-23(39-25(42)21(29)12-10-14-36-27(31)32)26(43)38-22(24(30)41)13-11-15-37-28(33)34/h18-19,21-23H,2-17,29H2,1H3,(H2,30,41)(H,38,43)(H,39,42)(H4,31,32,36)(H4,33,34,37)/t21-,22-,23-/m0/s1. The lowest BCUT2D eigenvalue weighted by molar-refractivity contribution is -0.131. The van der Waals surface area contributed by atoms with Gasteiger partial charge in [-0.15, -0.1) is 0 Å². The summed E-state index contributed by atoms with van der Waals surface area (Å²) in [6.45, 7) is 3.55. The predicted molar refractivity (Wildman–Crippen MR) is 169 cm³/mol. The number of aryl methyl sites for hydroxylation is 1. The summed E-state index contributed by atoms with van der Waals surface area (Å²) >= 11 is 0. The number of nitrogens with one attached hydrogen (secondary N) is 2. The Morgan fingerprint density at radius 3 is 1.93 bits per heavy atom. The van der Waals surface area contributed by atoms with Gasteiger partial charge in [-0.1, -0.05) is 51.9 Å². The molecule has 244 valence electrons. The van der Waals surface area contributed by atoms with Crippen LogP contribution in [0.4, 0.5) is 0 Å². The predicted octanol–water partition coefficient (Wildman–Crippen LogP) is -0.544. The lowest BCUT2D eigenvalue weighted by atomic mass is 10.1. The molecule has 15 heteroatoms. The summed E-state index contributed by atoms with van der Waals surface area (Å²) in [5, 5.41) is 5.42. The molecule has 0 radical (unpaired) electrons. The van der Waals surface area contributed by atoms with Crippen LogP contribution in [-0.2, 0) is 27.3 Å². The van der Waals surface area contributed by atoms with Gasteiger partial charge in [0.1, 0.15) is 12.1 Å². The Morgan fingerprint density at radius 1 is 0.791 bits per heavy atom. The van der Waals surface area contributed by atoms with Crippen molar-refractivity contribution in [1.82, 2.24) is 20.2 Å². The molecule has 0 bridgehead atoms. The van der Waals surface area contributed by atoms with Crippen molar-refractivity contribution >= 4 is 29.6 Å². The summed E-state index contributed by atoms with van der Waals surface area (Å²) in [5.41, 5.74) is 33.8. The van der Waals surface area contributed by atoms with Crippen molar-refractivity contribution in [1.29, 1.82) is 0 Å². The topological polar surface area (TPSA) is 274 Å². The summed E-state index contributed by atoms with van der Waals surface area (Å²) in [5.74, 6) is -1.89. The van der Waals surface area contributed by atoms with Crippen LogP contribution in [0.15, 0.2) is 22.5 Å². The maximum absolute atomic E-state index is 13.4. The van der Waals surface area contributed by atoms with Crippen LogP contribution in [-0.4, -0.2) is 70.4 Å². The van der Waals surface area contributed by atoms with E-state index in [4.69, 9.17) is 34.4 Å². The van der Waals surface area contributed by atoms with Crippen LogP contribution in [0.5, 0.6) is 0 Å². The second kappa shape index (κ2) is 21.8. The van der Waals surface area contributed by atoms with Gasteiger partial charge in [-0.2, -0.15) is 0 Å². The van der Waals surface area contributed by atoms with Crippen LogP contribution in [0.2, 0.25) is 0 Å². The zero-order valence-electron chi connectivity index (χ0n) is 25.7. The molecule has 1 heterocycles. The van der Waals surface area contributed by atoms with E-state index in [1.807, 2.05) is 4.57 Å². The van der Waals surface area contributed by atoms with Gasteiger partial charge in [-0.05, 0) is 32.1 Å². The van der Waals surface area contributed by atoms with Gasteiger partial charge in [-0.25, -0.2) is 4.98 Å².